The highest BCUT2D eigenvalue weighted by atomic mass is 16.6. The molecule has 160 valence electrons. The highest BCUT2D eigenvalue weighted by Crippen LogP contribution is 2.37. The summed E-state index contributed by atoms with van der Waals surface area (Å²) in [5, 5.41) is 0. The fourth-order valence-electron chi connectivity index (χ4n) is 5.70. The molecule has 2 aromatic rings. The maximum Gasteiger partial charge on any atom is 0.163 e. The van der Waals surface area contributed by atoms with Gasteiger partial charge in [-0.1, -0.05) is 24.3 Å². The molecule has 0 bridgehead atoms. The molecule has 2 heterocycles. The van der Waals surface area contributed by atoms with E-state index in [0.29, 0.717) is 19.3 Å². The normalized spacial score (nSPS) is 22.5. The Hall–Kier alpha value is -2.20. The fraction of sp³-hybridized carbons (Fsp3) is 0.538. The molecule has 0 radical (unpaired) electrons. The minimum Gasteiger partial charge on any atom is -0.486 e. The van der Waals surface area contributed by atoms with Gasteiger partial charge in [0.05, 0.1) is 26.7 Å². The SMILES string of the molecule is C[N+]1(C)CCCCC1CCN(c1ccc2c(c1)OCCO2)C1Cc2ccccc2C1. The van der Waals surface area contributed by atoms with Crippen LogP contribution in [-0.2, 0) is 12.8 Å². The van der Waals surface area contributed by atoms with E-state index in [-0.39, 0.29) is 0 Å². The van der Waals surface area contributed by atoms with Crippen LogP contribution in [0.2, 0.25) is 0 Å². The van der Waals surface area contributed by atoms with E-state index in [0.717, 1.165) is 36.9 Å². The molecule has 1 aliphatic carbocycles. The summed E-state index contributed by atoms with van der Waals surface area (Å²) < 4.78 is 12.8. The zero-order chi connectivity index (χ0) is 20.6. The predicted molar refractivity (Wildman–Crippen MR) is 122 cm³/mol. The van der Waals surface area contributed by atoms with Gasteiger partial charge in [0.15, 0.2) is 11.5 Å². The Balaban J connectivity index is 1.39. The van der Waals surface area contributed by atoms with Crippen molar-refractivity contribution in [2.24, 2.45) is 0 Å². The van der Waals surface area contributed by atoms with Crippen LogP contribution in [0.1, 0.15) is 36.8 Å². The number of rotatable bonds is 5. The number of hydrogen-bond acceptors (Lipinski definition) is 3. The van der Waals surface area contributed by atoms with Crippen LogP contribution in [0.4, 0.5) is 5.69 Å². The van der Waals surface area contributed by atoms with Crippen molar-refractivity contribution in [3.8, 4) is 11.5 Å². The number of anilines is 1. The summed E-state index contributed by atoms with van der Waals surface area (Å²) >= 11 is 0. The Bertz CT molecular complexity index is 869. The van der Waals surface area contributed by atoms with E-state index in [1.54, 1.807) is 0 Å². The van der Waals surface area contributed by atoms with Crippen molar-refractivity contribution in [2.45, 2.75) is 50.6 Å². The van der Waals surface area contributed by atoms with E-state index in [9.17, 15) is 0 Å². The molecule has 4 heteroatoms. The third-order valence-corrected chi connectivity index (χ3v) is 7.54. The molecular formula is C26H35N2O2+. The lowest BCUT2D eigenvalue weighted by Crippen LogP contribution is -2.53. The molecule has 0 aromatic heterocycles. The maximum absolute atomic E-state index is 5.91. The fourth-order valence-corrected chi connectivity index (χ4v) is 5.70. The van der Waals surface area contributed by atoms with Gasteiger partial charge in [-0.2, -0.15) is 0 Å². The standard InChI is InChI=1S/C26H35N2O2/c1-28(2)14-6-5-9-24(28)12-13-27(23-17-20-7-3-4-8-21(20)18-23)22-10-11-25-26(19-22)30-16-15-29-25/h3-4,7-8,10-11,19,23-24H,5-6,9,12-18H2,1-2H3/q+1. The average Bonchev–Trinajstić information content (AvgIpc) is 3.18. The predicted octanol–water partition coefficient (Wildman–Crippen LogP) is 4.45. The van der Waals surface area contributed by atoms with Gasteiger partial charge in [0.25, 0.3) is 0 Å². The molecule has 1 fully saturated rings. The monoisotopic (exact) mass is 407 g/mol. The van der Waals surface area contributed by atoms with Gasteiger partial charge in [-0.15, -0.1) is 0 Å². The van der Waals surface area contributed by atoms with Crippen molar-refractivity contribution >= 4 is 5.69 Å². The smallest absolute Gasteiger partial charge is 0.163 e. The van der Waals surface area contributed by atoms with Gasteiger partial charge in [-0.05, 0) is 55.4 Å². The molecule has 0 spiro atoms. The van der Waals surface area contributed by atoms with Crippen LogP contribution in [0.25, 0.3) is 0 Å². The number of piperidine rings is 1. The summed E-state index contributed by atoms with van der Waals surface area (Å²) in [5.74, 6) is 1.78. The Morgan fingerprint density at radius 3 is 2.40 bits per heavy atom. The Labute approximate surface area is 181 Å². The molecule has 0 saturated carbocycles. The Kier molecular flexibility index (Phi) is 5.36. The molecule has 0 amide bonds. The van der Waals surface area contributed by atoms with E-state index in [1.807, 2.05) is 0 Å². The zero-order valence-corrected chi connectivity index (χ0v) is 18.5. The summed E-state index contributed by atoms with van der Waals surface area (Å²) in [7, 11) is 4.84. The number of ether oxygens (including phenoxy) is 2. The third-order valence-electron chi connectivity index (χ3n) is 7.54. The number of hydrogen-bond donors (Lipinski definition) is 0. The molecule has 0 N–H and O–H groups in total. The topological polar surface area (TPSA) is 21.7 Å². The summed E-state index contributed by atoms with van der Waals surface area (Å²) in [6.07, 6.45) is 7.61. The van der Waals surface area contributed by atoms with Crippen LogP contribution in [0.5, 0.6) is 11.5 Å². The van der Waals surface area contributed by atoms with Gasteiger partial charge in [-0.25, -0.2) is 0 Å². The summed E-state index contributed by atoms with van der Waals surface area (Å²) in [5.41, 5.74) is 4.30. The van der Waals surface area contributed by atoms with E-state index < -0.39 is 0 Å². The molecule has 4 nitrogen and oxygen atoms in total. The summed E-state index contributed by atoms with van der Waals surface area (Å²) in [6.45, 7) is 3.69. The van der Waals surface area contributed by atoms with Gasteiger partial charge >= 0.3 is 0 Å². The average molecular weight is 408 g/mol. The molecule has 30 heavy (non-hydrogen) atoms. The van der Waals surface area contributed by atoms with Gasteiger partial charge in [0.2, 0.25) is 0 Å². The zero-order valence-electron chi connectivity index (χ0n) is 18.5. The molecule has 5 rings (SSSR count). The third kappa shape index (κ3) is 3.90. The Morgan fingerprint density at radius 2 is 1.67 bits per heavy atom. The minimum atomic E-state index is 0.518. The van der Waals surface area contributed by atoms with Crippen LogP contribution in [0.15, 0.2) is 42.5 Å². The van der Waals surface area contributed by atoms with Gasteiger partial charge < -0.3 is 18.9 Å². The van der Waals surface area contributed by atoms with Gasteiger partial charge in [0.1, 0.15) is 13.2 Å². The quantitative estimate of drug-likeness (QED) is 0.684. The number of benzene rings is 2. The molecule has 3 aliphatic rings. The van der Waals surface area contributed by atoms with Crippen molar-refractivity contribution in [1.29, 1.82) is 0 Å². The first kappa shape index (κ1) is 19.7. The van der Waals surface area contributed by atoms with Crippen LogP contribution in [-0.4, -0.2) is 57.0 Å². The second kappa shape index (κ2) is 8.14. The second-order valence-corrected chi connectivity index (χ2v) is 9.79. The first-order valence-corrected chi connectivity index (χ1v) is 11.7. The largest absolute Gasteiger partial charge is 0.486 e. The number of nitrogens with zero attached hydrogens (tertiary/aromatic N) is 2. The maximum atomic E-state index is 5.91. The first-order chi connectivity index (χ1) is 14.6. The van der Waals surface area contributed by atoms with Crippen LogP contribution < -0.4 is 14.4 Å². The highest BCUT2D eigenvalue weighted by molar-refractivity contribution is 5.58. The summed E-state index contributed by atoms with van der Waals surface area (Å²) in [6, 6.07) is 16.8. The summed E-state index contributed by atoms with van der Waals surface area (Å²) in [4.78, 5) is 2.66. The first-order valence-electron chi connectivity index (χ1n) is 11.7. The van der Waals surface area contributed by atoms with Crippen molar-refractivity contribution in [1.82, 2.24) is 0 Å². The molecule has 1 atom stereocenters. The lowest BCUT2D eigenvalue weighted by Gasteiger charge is -2.43. The van der Waals surface area contributed by atoms with E-state index in [2.05, 4.69) is 61.5 Å². The van der Waals surface area contributed by atoms with Crippen molar-refractivity contribution in [3.63, 3.8) is 0 Å². The van der Waals surface area contributed by atoms with Crippen LogP contribution in [0.3, 0.4) is 0 Å². The number of likely N-dealkylation sites (tertiary alicyclic amines) is 1. The lowest BCUT2D eigenvalue weighted by molar-refractivity contribution is -0.920. The molecule has 1 unspecified atom stereocenters. The number of quaternary nitrogens is 1. The van der Waals surface area contributed by atoms with Crippen molar-refractivity contribution in [2.75, 3.05) is 45.3 Å². The molecular weight excluding hydrogens is 372 g/mol. The lowest BCUT2D eigenvalue weighted by atomic mass is 9.96. The Morgan fingerprint density at radius 1 is 0.933 bits per heavy atom. The van der Waals surface area contributed by atoms with Gasteiger partial charge in [0, 0.05) is 30.8 Å². The van der Waals surface area contributed by atoms with Crippen LogP contribution >= 0.6 is 0 Å². The van der Waals surface area contributed by atoms with Crippen molar-refractivity contribution < 1.29 is 14.0 Å². The molecule has 2 aliphatic heterocycles. The highest BCUT2D eigenvalue weighted by Gasteiger charge is 2.33. The molecule has 1 saturated heterocycles. The second-order valence-electron chi connectivity index (χ2n) is 9.79. The minimum absolute atomic E-state index is 0.518. The van der Waals surface area contributed by atoms with Crippen molar-refractivity contribution in [3.05, 3.63) is 53.6 Å². The number of fused-ring (bicyclic) bond motifs is 2. The molecule has 2 aromatic carbocycles. The van der Waals surface area contributed by atoms with Gasteiger partial charge in [-0.3, -0.25) is 0 Å². The van der Waals surface area contributed by atoms with E-state index >= 15 is 0 Å². The van der Waals surface area contributed by atoms with Crippen LogP contribution in [0, 0.1) is 0 Å². The van der Waals surface area contributed by atoms with E-state index in [1.165, 1.54) is 53.5 Å². The van der Waals surface area contributed by atoms with E-state index in [4.69, 9.17) is 9.47 Å².